The molecule has 152 valence electrons. The number of amides is 2. The maximum atomic E-state index is 12.2. The molecule has 0 aliphatic carbocycles. The number of nitrogens with one attached hydrogen (secondary N) is 2. The summed E-state index contributed by atoms with van der Waals surface area (Å²) in [4.78, 5) is 34.4. The lowest BCUT2D eigenvalue weighted by Crippen LogP contribution is -2.19. The Kier molecular flexibility index (Phi) is 6.93. The maximum absolute atomic E-state index is 12.2. The first-order valence-electron chi connectivity index (χ1n) is 8.36. The number of hydrazone groups is 1. The minimum atomic E-state index is -0.515. The average Bonchev–Trinajstić information content (AvgIpc) is 3.15. The Morgan fingerprint density at radius 3 is 2.70 bits per heavy atom. The number of carbonyl (C=O) groups excluding carboxylic acids is 2. The molecule has 12 heteroatoms. The van der Waals surface area contributed by atoms with E-state index in [0.29, 0.717) is 16.1 Å². The molecule has 0 bridgehead atoms. The molecule has 2 aromatic carbocycles. The Morgan fingerprint density at radius 2 is 1.97 bits per heavy atom. The van der Waals surface area contributed by atoms with Crippen LogP contribution in [0.1, 0.15) is 20.9 Å². The Labute approximate surface area is 182 Å². The van der Waals surface area contributed by atoms with Gasteiger partial charge < -0.3 is 0 Å². The molecule has 1 aromatic heterocycles. The van der Waals surface area contributed by atoms with Crippen molar-refractivity contribution in [1.82, 2.24) is 15.6 Å². The summed E-state index contributed by atoms with van der Waals surface area (Å²) in [6.45, 7) is 0. The molecule has 2 N–H and O–H groups in total. The van der Waals surface area contributed by atoms with Crippen LogP contribution in [0.2, 0.25) is 0 Å². The van der Waals surface area contributed by atoms with Gasteiger partial charge in [0.15, 0.2) is 0 Å². The highest BCUT2D eigenvalue weighted by molar-refractivity contribution is 9.10. The monoisotopic (exact) mass is 488 g/mol. The second-order valence-electron chi connectivity index (χ2n) is 5.78. The summed E-state index contributed by atoms with van der Waals surface area (Å²) in [5.74, 6) is -0.783. The number of hydrogen-bond acceptors (Lipinski definition) is 8. The summed E-state index contributed by atoms with van der Waals surface area (Å²) in [6.07, 6.45) is 1.22. The number of hydrogen-bond donors (Lipinski definition) is 2. The zero-order chi connectivity index (χ0) is 21.5. The zero-order valence-electron chi connectivity index (χ0n) is 15.1. The molecule has 0 saturated heterocycles. The summed E-state index contributed by atoms with van der Waals surface area (Å²) in [7, 11) is 0. The van der Waals surface area contributed by atoms with Crippen LogP contribution in [0.25, 0.3) is 0 Å². The molecule has 30 heavy (non-hydrogen) atoms. The van der Waals surface area contributed by atoms with Crippen molar-refractivity contribution < 1.29 is 14.5 Å². The first kappa shape index (κ1) is 21.2. The van der Waals surface area contributed by atoms with E-state index in [9.17, 15) is 19.7 Å². The van der Waals surface area contributed by atoms with Crippen molar-refractivity contribution in [3.63, 3.8) is 0 Å². The van der Waals surface area contributed by atoms with E-state index in [1.165, 1.54) is 24.4 Å². The van der Waals surface area contributed by atoms with Gasteiger partial charge in [0.2, 0.25) is 11.0 Å². The van der Waals surface area contributed by atoms with E-state index < -0.39 is 10.8 Å². The van der Waals surface area contributed by atoms with Crippen molar-refractivity contribution in [2.24, 2.45) is 5.10 Å². The minimum Gasteiger partial charge on any atom is -0.296 e. The molecule has 0 fully saturated rings. The minimum absolute atomic E-state index is 0.0724. The number of rotatable bonds is 7. The molecule has 10 nitrogen and oxygen atoms in total. The van der Waals surface area contributed by atoms with E-state index in [1.54, 1.807) is 30.3 Å². The molecule has 0 spiro atoms. The van der Waals surface area contributed by atoms with Crippen molar-refractivity contribution in [1.29, 1.82) is 0 Å². The first-order chi connectivity index (χ1) is 14.4. The molecule has 1 heterocycles. The Hall–Kier alpha value is -3.51. The molecule has 0 radical (unpaired) electrons. The third kappa shape index (κ3) is 5.99. The number of halogens is 1. The molecule has 0 unspecified atom stereocenters. The van der Waals surface area contributed by atoms with Crippen molar-refractivity contribution >= 4 is 56.1 Å². The number of nitrogens with zero attached hydrogens (tertiary/aromatic N) is 4. The van der Waals surface area contributed by atoms with Gasteiger partial charge in [0, 0.05) is 27.7 Å². The number of aromatic nitrogens is 2. The predicted molar refractivity (Wildman–Crippen MR) is 115 cm³/mol. The molecule has 0 aliphatic heterocycles. The van der Waals surface area contributed by atoms with Crippen LogP contribution in [0, 0.1) is 10.1 Å². The van der Waals surface area contributed by atoms with Crippen molar-refractivity contribution in [3.05, 3.63) is 79.3 Å². The fourth-order valence-corrected chi connectivity index (χ4v) is 3.22. The molecule has 0 atom stereocenters. The normalized spacial score (nSPS) is 10.7. The van der Waals surface area contributed by atoms with Gasteiger partial charge in [0.1, 0.15) is 5.01 Å². The molecule has 3 aromatic rings. The molecular weight excluding hydrogens is 476 g/mol. The van der Waals surface area contributed by atoms with Gasteiger partial charge in [0.05, 0.1) is 17.6 Å². The van der Waals surface area contributed by atoms with Crippen molar-refractivity contribution in [3.8, 4) is 0 Å². The van der Waals surface area contributed by atoms with Crippen molar-refractivity contribution in [2.75, 3.05) is 5.32 Å². The topological polar surface area (TPSA) is 139 Å². The smallest absolute Gasteiger partial charge is 0.270 e. The molecule has 3 rings (SSSR count). The number of nitro benzene ring substituents is 1. The first-order valence-corrected chi connectivity index (χ1v) is 9.97. The standard InChI is InChI=1S/C18H13BrN6O4S/c19-13-6-4-12(5-7-13)17(27)21-18-24-23-16(30-18)9-15(26)22-20-10-11-2-1-3-14(8-11)25(28)29/h1-8,10H,9H2,(H,22,26)(H,21,24,27)/b20-10-. The van der Waals surface area contributed by atoms with Gasteiger partial charge in [-0.1, -0.05) is 39.4 Å². The highest BCUT2D eigenvalue weighted by Crippen LogP contribution is 2.18. The van der Waals surface area contributed by atoms with Gasteiger partial charge in [-0.2, -0.15) is 5.10 Å². The largest absolute Gasteiger partial charge is 0.296 e. The van der Waals surface area contributed by atoms with Crippen LogP contribution in [0.5, 0.6) is 0 Å². The fourth-order valence-electron chi connectivity index (χ4n) is 2.22. The predicted octanol–water partition coefficient (Wildman–Crippen LogP) is 3.15. The molecule has 0 aliphatic rings. The van der Waals surface area contributed by atoms with E-state index in [-0.39, 0.29) is 23.1 Å². The van der Waals surface area contributed by atoms with Crippen LogP contribution in [-0.2, 0) is 11.2 Å². The Bertz CT molecular complexity index is 1120. The fraction of sp³-hybridized carbons (Fsp3) is 0.0556. The van der Waals surface area contributed by atoms with E-state index in [1.807, 2.05) is 0 Å². The van der Waals surface area contributed by atoms with Gasteiger partial charge in [-0.15, -0.1) is 10.2 Å². The van der Waals surface area contributed by atoms with Crippen LogP contribution >= 0.6 is 27.3 Å². The second kappa shape index (κ2) is 9.80. The summed E-state index contributed by atoms with van der Waals surface area (Å²) in [5.41, 5.74) is 3.18. The third-order valence-electron chi connectivity index (χ3n) is 3.59. The number of anilines is 1. The lowest BCUT2D eigenvalue weighted by molar-refractivity contribution is -0.384. The van der Waals surface area contributed by atoms with Crippen LogP contribution in [0.3, 0.4) is 0 Å². The lowest BCUT2D eigenvalue weighted by atomic mass is 10.2. The van der Waals surface area contributed by atoms with E-state index >= 15 is 0 Å². The highest BCUT2D eigenvalue weighted by Gasteiger charge is 2.12. The van der Waals surface area contributed by atoms with Crippen LogP contribution in [-0.4, -0.2) is 33.1 Å². The number of nitro groups is 1. The average molecular weight is 489 g/mol. The Balaban J connectivity index is 1.52. The van der Waals surface area contributed by atoms with E-state index in [2.05, 4.69) is 42.0 Å². The number of carbonyl (C=O) groups is 2. The number of benzene rings is 2. The highest BCUT2D eigenvalue weighted by atomic mass is 79.9. The van der Waals surface area contributed by atoms with Gasteiger partial charge in [0.25, 0.3) is 11.6 Å². The quantitative estimate of drug-likeness (QED) is 0.297. The van der Waals surface area contributed by atoms with Crippen molar-refractivity contribution in [2.45, 2.75) is 6.42 Å². The van der Waals surface area contributed by atoms with Gasteiger partial charge in [-0.3, -0.25) is 25.0 Å². The summed E-state index contributed by atoms with van der Waals surface area (Å²) >= 11 is 4.37. The molecule has 0 saturated carbocycles. The van der Waals surface area contributed by atoms with E-state index in [0.717, 1.165) is 15.8 Å². The van der Waals surface area contributed by atoms with E-state index in [4.69, 9.17) is 0 Å². The summed E-state index contributed by atoms with van der Waals surface area (Å²) in [6, 6.07) is 12.7. The van der Waals surface area contributed by atoms with Crippen LogP contribution in [0.15, 0.2) is 58.1 Å². The molecular formula is C18H13BrN6O4S. The second-order valence-corrected chi connectivity index (χ2v) is 7.76. The van der Waals surface area contributed by atoms with Gasteiger partial charge >= 0.3 is 0 Å². The maximum Gasteiger partial charge on any atom is 0.270 e. The van der Waals surface area contributed by atoms with Gasteiger partial charge in [-0.05, 0) is 24.3 Å². The summed E-state index contributed by atoms with van der Waals surface area (Å²) in [5, 5.41) is 25.5. The zero-order valence-corrected chi connectivity index (χ0v) is 17.5. The summed E-state index contributed by atoms with van der Waals surface area (Å²) < 4.78 is 0.858. The third-order valence-corrected chi connectivity index (χ3v) is 4.96. The SMILES string of the molecule is O=C(Cc1nnc(NC(=O)c2ccc(Br)cc2)s1)N/N=C\c1cccc([N+](=O)[O-])c1. The number of non-ortho nitro benzene ring substituents is 1. The van der Waals surface area contributed by atoms with Gasteiger partial charge in [-0.25, -0.2) is 5.43 Å². The van der Waals surface area contributed by atoms with Crippen LogP contribution in [0.4, 0.5) is 10.8 Å². The lowest BCUT2D eigenvalue weighted by Gasteiger charge is -2.00. The molecule has 2 amide bonds. The Morgan fingerprint density at radius 1 is 1.20 bits per heavy atom. The van der Waals surface area contributed by atoms with Crippen LogP contribution < -0.4 is 10.7 Å².